The highest BCUT2D eigenvalue weighted by Crippen LogP contribution is 2.26. The van der Waals surface area contributed by atoms with Crippen LogP contribution in [0.3, 0.4) is 0 Å². The van der Waals surface area contributed by atoms with Gasteiger partial charge in [-0.05, 0) is 24.3 Å². The van der Waals surface area contributed by atoms with E-state index in [1.807, 2.05) is 0 Å². The molecule has 7 nitrogen and oxygen atoms in total. The lowest BCUT2D eigenvalue weighted by Crippen LogP contribution is -2.28. The summed E-state index contributed by atoms with van der Waals surface area (Å²) in [6.07, 6.45) is 1.65. The Balaban J connectivity index is 1.47. The fraction of sp³-hybridized carbons (Fsp3) is 0.235. The van der Waals surface area contributed by atoms with Gasteiger partial charge in [0, 0.05) is 13.0 Å². The van der Waals surface area contributed by atoms with Crippen molar-refractivity contribution in [2.45, 2.75) is 13.0 Å². The zero-order valence-electron chi connectivity index (χ0n) is 13.2. The first-order chi connectivity index (χ1) is 12.1. The number of fused-ring (bicyclic) bond motifs is 1. The maximum Gasteiger partial charge on any atom is 0.231 e. The van der Waals surface area contributed by atoms with Gasteiger partial charge in [-0.25, -0.2) is 4.39 Å². The second kappa shape index (κ2) is 6.04. The lowest BCUT2D eigenvalue weighted by atomic mass is 10.1. The number of rotatable bonds is 4. The van der Waals surface area contributed by atoms with Crippen molar-refractivity contribution in [3.63, 3.8) is 0 Å². The number of anilines is 1. The van der Waals surface area contributed by atoms with Crippen molar-refractivity contribution in [3.05, 3.63) is 48.2 Å². The molecule has 1 aliphatic heterocycles. The van der Waals surface area contributed by atoms with Gasteiger partial charge in [0.15, 0.2) is 5.82 Å². The first-order valence-electron chi connectivity index (χ1n) is 7.85. The number of aromatic nitrogens is 2. The zero-order chi connectivity index (χ0) is 17.4. The molecule has 0 radical (unpaired) electrons. The van der Waals surface area contributed by atoms with E-state index in [1.54, 1.807) is 29.2 Å². The Hall–Kier alpha value is -3.16. The smallest absolute Gasteiger partial charge is 0.231 e. The fourth-order valence-corrected chi connectivity index (χ4v) is 3.03. The molecule has 1 atom stereocenters. The van der Waals surface area contributed by atoms with Gasteiger partial charge >= 0.3 is 0 Å². The molecule has 0 bridgehead atoms. The molecule has 0 unspecified atom stereocenters. The highest BCUT2D eigenvalue weighted by Gasteiger charge is 2.35. The van der Waals surface area contributed by atoms with E-state index in [0.717, 1.165) is 0 Å². The average Bonchev–Trinajstić information content (AvgIpc) is 3.30. The van der Waals surface area contributed by atoms with Crippen molar-refractivity contribution in [1.29, 1.82) is 0 Å². The molecule has 0 saturated carbocycles. The first kappa shape index (κ1) is 15.4. The fourth-order valence-electron chi connectivity index (χ4n) is 3.03. The molecule has 2 N–H and O–H groups in total. The lowest BCUT2D eigenvalue weighted by molar-refractivity contribution is -0.128. The minimum absolute atomic E-state index is 0.109. The molecular weight excluding hydrogens is 327 g/mol. The zero-order valence-corrected chi connectivity index (χ0v) is 13.2. The van der Waals surface area contributed by atoms with E-state index < -0.39 is 11.7 Å². The van der Waals surface area contributed by atoms with E-state index in [2.05, 4.69) is 15.5 Å². The van der Waals surface area contributed by atoms with Gasteiger partial charge in [-0.15, -0.1) is 0 Å². The van der Waals surface area contributed by atoms with Gasteiger partial charge in [0.1, 0.15) is 11.6 Å². The predicted molar refractivity (Wildman–Crippen MR) is 86.9 cm³/mol. The Labute approximate surface area is 141 Å². The number of aromatic amines is 1. The molecule has 2 aromatic heterocycles. The number of benzene rings is 1. The van der Waals surface area contributed by atoms with Gasteiger partial charge in [-0.2, -0.15) is 5.10 Å². The van der Waals surface area contributed by atoms with Crippen LogP contribution in [0.1, 0.15) is 12.2 Å². The Morgan fingerprint density at radius 2 is 2.28 bits per heavy atom. The minimum atomic E-state index is -0.513. The van der Waals surface area contributed by atoms with Crippen LogP contribution in [0.15, 0.2) is 41.0 Å². The van der Waals surface area contributed by atoms with Gasteiger partial charge in [0.2, 0.25) is 11.8 Å². The van der Waals surface area contributed by atoms with Crippen LogP contribution in [0.5, 0.6) is 0 Å². The van der Waals surface area contributed by atoms with Crippen molar-refractivity contribution in [1.82, 2.24) is 15.1 Å². The van der Waals surface area contributed by atoms with Crippen molar-refractivity contribution >= 4 is 28.5 Å². The summed E-state index contributed by atoms with van der Waals surface area (Å²) in [6.45, 7) is 0.617. The first-order valence-corrected chi connectivity index (χ1v) is 7.85. The number of likely N-dealkylation sites (tertiary alicyclic amines) is 1. The standard InChI is InChI=1S/C17H15FN4O3/c18-12-4-1-5-13-15(12)16(21-20-13)19-17(24)10-7-14(23)22(8-10)9-11-3-2-6-25-11/h1-6,10H,7-9H2,(H2,19,20,21,24)/t10-/m1/s1. The number of carbonyl (C=O) groups excluding carboxylic acids is 2. The van der Waals surface area contributed by atoms with Crippen LogP contribution in [-0.2, 0) is 16.1 Å². The summed E-state index contributed by atoms with van der Waals surface area (Å²) >= 11 is 0. The summed E-state index contributed by atoms with van der Waals surface area (Å²) < 4.78 is 19.2. The maximum atomic E-state index is 14.0. The summed E-state index contributed by atoms with van der Waals surface area (Å²) in [5, 5.41) is 9.49. The molecule has 2 amide bonds. The third-order valence-corrected chi connectivity index (χ3v) is 4.29. The predicted octanol–water partition coefficient (Wildman–Crippen LogP) is 2.28. The van der Waals surface area contributed by atoms with E-state index in [4.69, 9.17) is 4.42 Å². The molecule has 3 aromatic rings. The molecule has 1 saturated heterocycles. The van der Waals surface area contributed by atoms with Gasteiger partial charge < -0.3 is 14.6 Å². The van der Waals surface area contributed by atoms with Crippen LogP contribution in [0.25, 0.3) is 10.9 Å². The molecule has 1 fully saturated rings. The molecule has 128 valence electrons. The largest absolute Gasteiger partial charge is 0.467 e. The maximum absolute atomic E-state index is 14.0. The monoisotopic (exact) mass is 342 g/mol. The van der Waals surface area contributed by atoms with Gasteiger partial charge in [0.05, 0.1) is 29.6 Å². The van der Waals surface area contributed by atoms with Gasteiger partial charge in [0.25, 0.3) is 0 Å². The van der Waals surface area contributed by atoms with Crippen LogP contribution in [0.2, 0.25) is 0 Å². The Kier molecular flexibility index (Phi) is 3.72. The molecule has 25 heavy (non-hydrogen) atoms. The Morgan fingerprint density at radius 3 is 3.08 bits per heavy atom. The van der Waals surface area contributed by atoms with E-state index >= 15 is 0 Å². The molecule has 3 heterocycles. The van der Waals surface area contributed by atoms with Crippen LogP contribution in [0, 0.1) is 11.7 Å². The number of carbonyl (C=O) groups is 2. The Morgan fingerprint density at radius 1 is 1.40 bits per heavy atom. The second-order valence-electron chi connectivity index (χ2n) is 5.98. The van der Waals surface area contributed by atoms with E-state index in [1.165, 1.54) is 12.3 Å². The number of nitrogens with one attached hydrogen (secondary N) is 2. The number of halogens is 1. The van der Waals surface area contributed by atoms with Crippen LogP contribution < -0.4 is 5.32 Å². The quantitative estimate of drug-likeness (QED) is 0.761. The normalized spacial score (nSPS) is 17.4. The van der Waals surface area contributed by atoms with Crippen molar-refractivity contribution in [2.24, 2.45) is 5.92 Å². The lowest BCUT2D eigenvalue weighted by Gasteiger charge is -2.14. The van der Waals surface area contributed by atoms with Crippen molar-refractivity contribution in [3.8, 4) is 0 Å². The van der Waals surface area contributed by atoms with E-state index in [9.17, 15) is 14.0 Å². The van der Waals surface area contributed by atoms with Gasteiger partial charge in [-0.3, -0.25) is 14.7 Å². The van der Waals surface area contributed by atoms with E-state index in [0.29, 0.717) is 17.8 Å². The number of nitrogens with zero attached hydrogens (tertiary/aromatic N) is 2. The van der Waals surface area contributed by atoms with E-state index in [-0.39, 0.29) is 36.0 Å². The van der Waals surface area contributed by atoms with Gasteiger partial charge in [-0.1, -0.05) is 6.07 Å². The van der Waals surface area contributed by atoms with Crippen molar-refractivity contribution < 1.29 is 18.4 Å². The summed E-state index contributed by atoms with van der Waals surface area (Å²) in [5.41, 5.74) is 0.497. The summed E-state index contributed by atoms with van der Waals surface area (Å²) in [5.74, 6) is -0.657. The molecular formula is C17H15FN4O3. The number of amides is 2. The average molecular weight is 342 g/mol. The second-order valence-corrected chi connectivity index (χ2v) is 5.98. The third kappa shape index (κ3) is 2.86. The molecule has 1 aromatic carbocycles. The van der Waals surface area contributed by atoms with Crippen molar-refractivity contribution in [2.75, 3.05) is 11.9 Å². The van der Waals surface area contributed by atoms with Crippen LogP contribution in [-0.4, -0.2) is 33.5 Å². The molecule has 0 spiro atoms. The van der Waals surface area contributed by atoms with Crippen LogP contribution in [0.4, 0.5) is 10.2 Å². The number of furan rings is 1. The summed E-state index contributed by atoms with van der Waals surface area (Å²) in [4.78, 5) is 26.2. The number of hydrogen-bond acceptors (Lipinski definition) is 4. The molecule has 4 rings (SSSR count). The molecule has 1 aliphatic rings. The highest BCUT2D eigenvalue weighted by atomic mass is 19.1. The van der Waals surface area contributed by atoms with Crippen LogP contribution >= 0.6 is 0 Å². The summed E-state index contributed by atoms with van der Waals surface area (Å²) in [7, 11) is 0. The third-order valence-electron chi connectivity index (χ3n) is 4.29. The number of H-pyrrole nitrogens is 1. The SMILES string of the molecule is O=C(Nc1n[nH]c2cccc(F)c12)[C@@H]1CC(=O)N(Cc2ccco2)C1. The topological polar surface area (TPSA) is 91.2 Å². The minimum Gasteiger partial charge on any atom is -0.467 e. The highest BCUT2D eigenvalue weighted by molar-refractivity contribution is 6.02. The summed E-state index contributed by atoms with van der Waals surface area (Å²) in [6, 6.07) is 8.06. The number of hydrogen-bond donors (Lipinski definition) is 2. The Bertz CT molecular complexity index is 935. The molecule has 8 heteroatoms. The molecule has 0 aliphatic carbocycles.